The third-order valence-electron chi connectivity index (χ3n) is 6.38. The Morgan fingerprint density at radius 3 is 1.76 bits per heavy atom. The number of hydrogen-bond donors (Lipinski definition) is 5. The van der Waals surface area contributed by atoms with Crippen molar-refractivity contribution in [1.82, 2.24) is 31.2 Å². The minimum Gasteiger partial charge on any atom is -0.460 e. The Balaban J connectivity index is 2.69. The van der Waals surface area contributed by atoms with Gasteiger partial charge in [0.05, 0.1) is 12.2 Å². The van der Waals surface area contributed by atoms with Crippen LogP contribution in [0.15, 0.2) is 18.6 Å². The van der Waals surface area contributed by atoms with Crippen LogP contribution in [-0.4, -0.2) is 93.7 Å². The number of rotatable bonds is 18. The molecule has 0 fully saturated rings. The van der Waals surface area contributed by atoms with Crippen LogP contribution in [0.25, 0.3) is 0 Å². The van der Waals surface area contributed by atoms with Gasteiger partial charge in [-0.25, -0.2) is 19.4 Å². The second-order valence-corrected chi connectivity index (χ2v) is 14.8. The Morgan fingerprint density at radius 1 is 0.700 bits per heavy atom. The fourth-order valence-corrected chi connectivity index (χ4v) is 4.23. The second-order valence-electron chi connectivity index (χ2n) is 14.8. The number of unbranched alkanes of at least 4 members (excludes halogenated alkanes) is 1. The lowest BCUT2D eigenvalue weighted by atomic mass is 10.1. The summed E-state index contributed by atoms with van der Waals surface area (Å²) in [4.78, 5) is 83.6. The van der Waals surface area contributed by atoms with Gasteiger partial charge in [-0.1, -0.05) is 0 Å². The fraction of sp³-hybridized carbons (Fsp3) is 0.706. The highest BCUT2D eigenvalue weighted by Gasteiger charge is 2.31. The van der Waals surface area contributed by atoms with Gasteiger partial charge in [0.2, 0.25) is 5.91 Å². The van der Waals surface area contributed by atoms with Gasteiger partial charge >= 0.3 is 23.9 Å². The van der Waals surface area contributed by atoms with Crippen molar-refractivity contribution in [1.29, 1.82) is 0 Å². The fourth-order valence-electron chi connectivity index (χ4n) is 4.23. The minimum absolute atomic E-state index is 0.0896. The third kappa shape index (κ3) is 20.2. The molecule has 0 aliphatic rings. The molecule has 6 N–H and O–H groups in total. The molecular weight excluding hydrogens is 650 g/mol. The first-order valence-corrected chi connectivity index (χ1v) is 16.9. The number of esters is 3. The molecule has 16 nitrogen and oxygen atoms in total. The Labute approximate surface area is 295 Å². The number of amides is 4. The zero-order valence-corrected chi connectivity index (χ0v) is 31.0. The highest BCUT2D eigenvalue weighted by molar-refractivity contribution is 5.91. The van der Waals surface area contributed by atoms with Gasteiger partial charge in [-0.3, -0.25) is 19.4 Å². The molecule has 0 spiro atoms. The molecule has 50 heavy (non-hydrogen) atoms. The van der Waals surface area contributed by atoms with Crippen LogP contribution in [0, 0.1) is 0 Å². The molecule has 0 radical (unpaired) electrons. The predicted molar refractivity (Wildman–Crippen MR) is 184 cm³/mol. The first kappa shape index (κ1) is 43.7. The summed E-state index contributed by atoms with van der Waals surface area (Å²) in [5.74, 6) is -2.69. The lowest BCUT2D eigenvalue weighted by Crippen LogP contribution is -2.53. The SMILES string of the molecule is CC(C)(C)OC(=O)CC[C@H](NC(=O)N[C@@H](CCCCNC(=O)[C@@H](N)CCCNC(=O)c1cnccn1)C(=O)OC(C)(C)C)C(=O)OC(C)(C)C. The van der Waals surface area contributed by atoms with Gasteiger partial charge in [0, 0.05) is 31.9 Å². The van der Waals surface area contributed by atoms with Crippen LogP contribution in [0.4, 0.5) is 4.79 Å². The molecule has 282 valence electrons. The Kier molecular flexibility index (Phi) is 17.8. The molecule has 1 aromatic rings. The van der Waals surface area contributed by atoms with E-state index in [1.165, 1.54) is 18.6 Å². The number of nitrogens with zero attached hydrogens (tertiary/aromatic N) is 2. The molecule has 1 aromatic heterocycles. The summed E-state index contributed by atoms with van der Waals surface area (Å²) in [6.45, 7) is 15.9. The minimum atomic E-state index is -1.20. The van der Waals surface area contributed by atoms with Crippen molar-refractivity contribution in [3.63, 3.8) is 0 Å². The van der Waals surface area contributed by atoms with Crippen molar-refractivity contribution < 1.29 is 43.0 Å². The Bertz CT molecular complexity index is 1270. The maximum atomic E-state index is 13.1. The quantitative estimate of drug-likeness (QED) is 0.0842. The Hall–Kier alpha value is -4.34. The van der Waals surface area contributed by atoms with Crippen molar-refractivity contribution in [2.45, 2.75) is 142 Å². The molecule has 1 rings (SSSR count). The van der Waals surface area contributed by atoms with Crippen LogP contribution >= 0.6 is 0 Å². The van der Waals surface area contributed by atoms with Crippen LogP contribution in [0.5, 0.6) is 0 Å². The number of carbonyl (C=O) groups excluding carboxylic acids is 6. The predicted octanol–water partition coefficient (Wildman–Crippen LogP) is 2.44. The molecule has 0 saturated carbocycles. The number of aromatic nitrogens is 2. The number of nitrogens with one attached hydrogen (secondary N) is 4. The largest absolute Gasteiger partial charge is 0.460 e. The number of hydrogen-bond acceptors (Lipinski definition) is 12. The molecular formula is C34H57N7O9. The first-order chi connectivity index (χ1) is 23.1. The summed E-state index contributed by atoms with van der Waals surface area (Å²) in [6, 6.07) is -3.88. The highest BCUT2D eigenvalue weighted by Crippen LogP contribution is 2.15. The van der Waals surface area contributed by atoms with E-state index in [1.807, 2.05) is 0 Å². The molecule has 0 aliphatic carbocycles. The van der Waals surface area contributed by atoms with Crippen LogP contribution in [0.2, 0.25) is 0 Å². The smallest absolute Gasteiger partial charge is 0.329 e. The van der Waals surface area contributed by atoms with Gasteiger partial charge < -0.3 is 41.2 Å². The van der Waals surface area contributed by atoms with E-state index in [-0.39, 0.29) is 43.3 Å². The van der Waals surface area contributed by atoms with E-state index < -0.39 is 58.9 Å². The van der Waals surface area contributed by atoms with Crippen LogP contribution in [0.3, 0.4) is 0 Å². The maximum Gasteiger partial charge on any atom is 0.329 e. The van der Waals surface area contributed by atoms with E-state index in [0.717, 1.165) is 0 Å². The van der Waals surface area contributed by atoms with Crippen LogP contribution in [-0.2, 0) is 33.4 Å². The zero-order chi connectivity index (χ0) is 38.1. The maximum absolute atomic E-state index is 13.1. The van der Waals surface area contributed by atoms with Crippen molar-refractivity contribution in [3.05, 3.63) is 24.3 Å². The lowest BCUT2D eigenvalue weighted by molar-refractivity contribution is -0.159. The molecule has 0 aliphatic heterocycles. The summed E-state index contributed by atoms with van der Waals surface area (Å²) in [5.41, 5.74) is 3.79. The Morgan fingerprint density at radius 2 is 1.24 bits per heavy atom. The van der Waals surface area contributed by atoms with Crippen molar-refractivity contribution >= 4 is 35.8 Å². The lowest BCUT2D eigenvalue weighted by Gasteiger charge is -2.27. The summed E-state index contributed by atoms with van der Waals surface area (Å²) in [5, 5.41) is 10.6. The second kappa shape index (κ2) is 20.4. The van der Waals surface area contributed by atoms with E-state index in [4.69, 9.17) is 19.9 Å². The van der Waals surface area contributed by atoms with Gasteiger partial charge in [-0.15, -0.1) is 0 Å². The summed E-state index contributed by atoms with van der Waals surface area (Å²) >= 11 is 0. The van der Waals surface area contributed by atoms with Gasteiger partial charge in [0.15, 0.2) is 0 Å². The van der Waals surface area contributed by atoms with E-state index in [9.17, 15) is 28.8 Å². The summed E-state index contributed by atoms with van der Waals surface area (Å²) in [7, 11) is 0. The van der Waals surface area contributed by atoms with E-state index >= 15 is 0 Å². The van der Waals surface area contributed by atoms with Crippen molar-refractivity contribution in [2.75, 3.05) is 13.1 Å². The molecule has 4 amide bonds. The molecule has 3 atom stereocenters. The highest BCUT2D eigenvalue weighted by atomic mass is 16.6. The van der Waals surface area contributed by atoms with Gasteiger partial charge in [0.1, 0.15) is 34.6 Å². The number of ether oxygens (including phenoxy) is 3. The van der Waals surface area contributed by atoms with Crippen LogP contribution < -0.4 is 27.0 Å². The average molecular weight is 708 g/mol. The van der Waals surface area contributed by atoms with Gasteiger partial charge in [-0.2, -0.15) is 0 Å². The molecule has 1 heterocycles. The van der Waals surface area contributed by atoms with Gasteiger partial charge in [0.25, 0.3) is 5.91 Å². The van der Waals surface area contributed by atoms with Gasteiger partial charge in [-0.05, 0) is 101 Å². The molecule has 0 aromatic carbocycles. The number of urea groups is 1. The van der Waals surface area contributed by atoms with E-state index in [1.54, 1.807) is 62.3 Å². The standard InChI is InChI=1S/C34H57N7O9/c1-32(2,3)48-26(42)16-15-24(30(46)50-34(7,8)9)41-31(47)40-23(29(45)49-33(4,5)6)14-10-11-17-38-27(43)22(35)13-12-18-39-28(44)25-21-36-19-20-37-25/h19-24H,10-18,35H2,1-9H3,(H,38,43)(H,39,44)(H2,40,41,47)/t22-,23-,24-/m0/s1. The molecule has 16 heteroatoms. The van der Waals surface area contributed by atoms with E-state index in [2.05, 4.69) is 31.2 Å². The molecule has 0 bridgehead atoms. The third-order valence-corrected chi connectivity index (χ3v) is 6.38. The molecule has 0 unspecified atom stereocenters. The van der Waals surface area contributed by atoms with Crippen molar-refractivity contribution in [2.24, 2.45) is 5.73 Å². The summed E-state index contributed by atoms with van der Waals surface area (Å²) in [6.07, 6.45) is 5.86. The monoisotopic (exact) mass is 707 g/mol. The van der Waals surface area contributed by atoms with E-state index in [0.29, 0.717) is 32.2 Å². The van der Waals surface area contributed by atoms with Crippen molar-refractivity contribution in [3.8, 4) is 0 Å². The summed E-state index contributed by atoms with van der Waals surface area (Å²) < 4.78 is 16.3. The van der Waals surface area contributed by atoms with Crippen LogP contribution in [0.1, 0.15) is 118 Å². The molecule has 0 saturated heterocycles. The number of carbonyl (C=O) groups is 6. The first-order valence-electron chi connectivity index (χ1n) is 16.9. The average Bonchev–Trinajstić information content (AvgIpc) is 2.98. The number of nitrogens with two attached hydrogens (primary N) is 1. The topological polar surface area (TPSA) is 230 Å². The normalized spacial score (nSPS) is 13.6. The zero-order valence-electron chi connectivity index (χ0n) is 31.0.